The van der Waals surface area contributed by atoms with Crippen molar-refractivity contribution in [2.45, 2.75) is 34.9 Å². The summed E-state index contributed by atoms with van der Waals surface area (Å²) in [7, 11) is 0. The molecule has 1 fully saturated rings. The van der Waals surface area contributed by atoms with Crippen LogP contribution in [0.4, 0.5) is 13.2 Å². The van der Waals surface area contributed by atoms with Crippen molar-refractivity contribution in [3.63, 3.8) is 0 Å². The lowest BCUT2D eigenvalue weighted by Gasteiger charge is -2.23. The molecule has 154 valence electrons. The molecule has 0 spiro atoms. The number of fused-ring (bicyclic) bond motifs is 1. The average Bonchev–Trinajstić information content (AvgIpc) is 3.11. The van der Waals surface area contributed by atoms with E-state index in [9.17, 15) is 13.2 Å². The molecule has 0 unspecified atom stereocenters. The highest BCUT2D eigenvalue weighted by Gasteiger charge is 2.29. The van der Waals surface area contributed by atoms with Gasteiger partial charge in [0.05, 0.1) is 13.2 Å². The predicted octanol–water partition coefficient (Wildman–Crippen LogP) is 6.05. The molecule has 10 heteroatoms. The SMILES string of the molecule is CCSc1cc(C2OCCCO2)cnc1-c1nc2cc(SC(F)(F)F)ccc2o1. The van der Waals surface area contributed by atoms with E-state index < -0.39 is 11.8 Å². The molecule has 5 nitrogen and oxygen atoms in total. The van der Waals surface area contributed by atoms with Crippen LogP contribution < -0.4 is 0 Å². The van der Waals surface area contributed by atoms with Gasteiger partial charge in [0.15, 0.2) is 11.9 Å². The van der Waals surface area contributed by atoms with Crippen LogP contribution in [0.15, 0.2) is 44.7 Å². The van der Waals surface area contributed by atoms with E-state index in [1.807, 2.05) is 13.0 Å². The van der Waals surface area contributed by atoms with Gasteiger partial charge in [0.25, 0.3) is 0 Å². The maximum atomic E-state index is 12.6. The first-order valence-electron chi connectivity index (χ1n) is 8.95. The summed E-state index contributed by atoms with van der Waals surface area (Å²) < 4.78 is 54.9. The van der Waals surface area contributed by atoms with Crippen LogP contribution in [0.5, 0.6) is 0 Å². The molecule has 29 heavy (non-hydrogen) atoms. The van der Waals surface area contributed by atoms with E-state index in [2.05, 4.69) is 9.97 Å². The topological polar surface area (TPSA) is 57.4 Å². The summed E-state index contributed by atoms with van der Waals surface area (Å²) in [5, 5.41) is 0. The van der Waals surface area contributed by atoms with Crippen LogP contribution in [-0.4, -0.2) is 34.4 Å². The van der Waals surface area contributed by atoms with E-state index in [-0.39, 0.29) is 22.5 Å². The highest BCUT2D eigenvalue weighted by atomic mass is 32.2. The Morgan fingerprint density at radius 2 is 1.97 bits per heavy atom. The third-order valence-electron chi connectivity index (χ3n) is 4.07. The van der Waals surface area contributed by atoms with Gasteiger partial charge in [-0.15, -0.1) is 11.8 Å². The fraction of sp³-hybridized carbons (Fsp3) is 0.368. The zero-order valence-corrected chi connectivity index (χ0v) is 17.0. The number of oxazole rings is 1. The third kappa shape index (κ3) is 4.88. The Balaban J connectivity index is 1.68. The van der Waals surface area contributed by atoms with Gasteiger partial charge in [-0.3, -0.25) is 0 Å². The molecule has 3 aromatic rings. The van der Waals surface area contributed by atoms with Crippen molar-refractivity contribution < 1.29 is 27.1 Å². The minimum absolute atomic E-state index is 0.0582. The minimum atomic E-state index is -4.36. The number of thioether (sulfide) groups is 2. The molecule has 0 aliphatic carbocycles. The van der Waals surface area contributed by atoms with Crippen molar-refractivity contribution in [3.05, 3.63) is 36.0 Å². The number of benzene rings is 1. The first kappa shape index (κ1) is 20.5. The van der Waals surface area contributed by atoms with E-state index in [1.54, 1.807) is 18.0 Å². The van der Waals surface area contributed by atoms with E-state index in [0.717, 1.165) is 22.6 Å². The average molecular weight is 442 g/mol. The van der Waals surface area contributed by atoms with Gasteiger partial charge in [-0.2, -0.15) is 13.2 Å². The third-order valence-corrected chi connectivity index (χ3v) is 5.70. The fourth-order valence-corrected chi connectivity index (χ4v) is 4.28. The number of halogens is 3. The van der Waals surface area contributed by atoms with Crippen molar-refractivity contribution >= 4 is 34.6 Å². The smallest absolute Gasteiger partial charge is 0.435 e. The number of ether oxygens (including phenoxy) is 2. The number of nitrogens with zero attached hydrogens (tertiary/aromatic N) is 2. The van der Waals surface area contributed by atoms with Crippen LogP contribution in [-0.2, 0) is 9.47 Å². The molecule has 2 aromatic heterocycles. The Morgan fingerprint density at radius 3 is 2.69 bits per heavy atom. The second-order valence-corrected chi connectivity index (χ2v) is 8.62. The Bertz CT molecular complexity index is 1000. The van der Waals surface area contributed by atoms with Gasteiger partial charge in [0.2, 0.25) is 5.89 Å². The number of hydrogen-bond acceptors (Lipinski definition) is 7. The van der Waals surface area contributed by atoms with E-state index in [1.165, 1.54) is 18.2 Å². The van der Waals surface area contributed by atoms with Gasteiger partial charge in [0, 0.05) is 21.6 Å². The van der Waals surface area contributed by atoms with Gasteiger partial charge in [-0.1, -0.05) is 6.92 Å². The molecular formula is C19H17F3N2O3S2. The summed E-state index contributed by atoms with van der Waals surface area (Å²) in [6, 6.07) is 6.16. The van der Waals surface area contributed by atoms with Crippen molar-refractivity contribution in [1.29, 1.82) is 0 Å². The monoisotopic (exact) mass is 442 g/mol. The fourth-order valence-electron chi connectivity index (χ4n) is 2.90. The molecule has 4 rings (SSSR count). The number of alkyl halides is 3. The molecule has 1 aromatic carbocycles. The van der Waals surface area contributed by atoms with Crippen molar-refractivity contribution in [2.75, 3.05) is 19.0 Å². The molecule has 0 bridgehead atoms. The molecule has 0 radical (unpaired) electrons. The summed E-state index contributed by atoms with van der Waals surface area (Å²) in [6.45, 7) is 3.28. The Morgan fingerprint density at radius 1 is 1.17 bits per heavy atom. The molecule has 3 heterocycles. The molecule has 0 amide bonds. The number of hydrogen-bond donors (Lipinski definition) is 0. The minimum Gasteiger partial charge on any atom is -0.435 e. The normalized spacial score (nSPS) is 15.9. The van der Waals surface area contributed by atoms with Crippen molar-refractivity contribution in [1.82, 2.24) is 9.97 Å². The lowest BCUT2D eigenvalue weighted by molar-refractivity contribution is -0.183. The summed E-state index contributed by atoms with van der Waals surface area (Å²) in [5.41, 5.74) is -2.25. The van der Waals surface area contributed by atoms with E-state index in [4.69, 9.17) is 13.9 Å². The molecule has 1 aliphatic heterocycles. The highest BCUT2D eigenvalue weighted by molar-refractivity contribution is 8.00. The summed E-state index contributed by atoms with van der Waals surface area (Å²) >= 11 is 1.39. The Hall–Kier alpha value is -1.75. The number of aromatic nitrogens is 2. The second kappa shape index (κ2) is 8.55. The van der Waals surface area contributed by atoms with Crippen molar-refractivity contribution in [3.8, 4) is 11.6 Å². The summed E-state index contributed by atoms with van der Waals surface area (Å²) in [6.07, 6.45) is 2.06. The highest BCUT2D eigenvalue weighted by Crippen LogP contribution is 2.39. The van der Waals surface area contributed by atoms with Crippen LogP contribution >= 0.6 is 23.5 Å². The van der Waals surface area contributed by atoms with Crippen LogP contribution in [0.25, 0.3) is 22.7 Å². The predicted molar refractivity (Wildman–Crippen MR) is 105 cm³/mol. The van der Waals surface area contributed by atoms with Crippen LogP contribution in [0.1, 0.15) is 25.2 Å². The lowest BCUT2D eigenvalue weighted by Crippen LogP contribution is -2.18. The van der Waals surface area contributed by atoms with Gasteiger partial charge >= 0.3 is 5.51 Å². The van der Waals surface area contributed by atoms with Gasteiger partial charge in [-0.25, -0.2) is 9.97 Å². The van der Waals surface area contributed by atoms with Gasteiger partial charge in [0.1, 0.15) is 11.2 Å². The van der Waals surface area contributed by atoms with E-state index in [0.29, 0.717) is 30.0 Å². The zero-order valence-electron chi connectivity index (χ0n) is 15.4. The summed E-state index contributed by atoms with van der Waals surface area (Å²) in [4.78, 5) is 9.78. The van der Waals surface area contributed by atoms with Crippen molar-refractivity contribution in [2.24, 2.45) is 0 Å². The van der Waals surface area contributed by atoms with Crippen LogP contribution in [0.2, 0.25) is 0 Å². The molecule has 1 aliphatic rings. The largest absolute Gasteiger partial charge is 0.446 e. The van der Waals surface area contributed by atoms with Crippen LogP contribution in [0, 0.1) is 0 Å². The first-order valence-corrected chi connectivity index (χ1v) is 10.8. The van der Waals surface area contributed by atoms with Crippen LogP contribution in [0.3, 0.4) is 0 Å². The zero-order chi connectivity index (χ0) is 20.4. The quantitative estimate of drug-likeness (QED) is 0.446. The Labute approximate surface area is 173 Å². The molecule has 1 saturated heterocycles. The number of rotatable bonds is 5. The molecular weight excluding hydrogens is 425 g/mol. The second-order valence-electron chi connectivity index (χ2n) is 6.17. The lowest BCUT2D eigenvalue weighted by atomic mass is 10.2. The molecule has 0 N–H and O–H groups in total. The first-order chi connectivity index (χ1) is 13.9. The Kier molecular flexibility index (Phi) is 6.05. The molecule has 0 atom stereocenters. The summed E-state index contributed by atoms with van der Waals surface area (Å²) in [5.74, 6) is 1.07. The number of pyridine rings is 1. The van der Waals surface area contributed by atoms with Gasteiger partial charge < -0.3 is 13.9 Å². The van der Waals surface area contributed by atoms with E-state index >= 15 is 0 Å². The maximum absolute atomic E-state index is 12.6. The standard InChI is InChI=1S/C19H17F3N2O3S2/c1-2-28-15-8-11(18-25-6-3-7-26-18)10-23-16(15)17-24-13-9-12(29-19(20,21)22)4-5-14(13)27-17/h4-5,8-10,18H,2-3,6-7H2,1H3. The maximum Gasteiger partial charge on any atom is 0.446 e. The molecule has 0 saturated carbocycles. The van der Waals surface area contributed by atoms with Gasteiger partial charge in [-0.05, 0) is 48.2 Å².